The van der Waals surface area contributed by atoms with Crippen molar-refractivity contribution in [3.8, 4) is 40.3 Å². The highest BCUT2D eigenvalue weighted by Crippen LogP contribution is 2.34. The van der Waals surface area contributed by atoms with E-state index in [2.05, 4.69) is 11.1 Å². The van der Waals surface area contributed by atoms with Gasteiger partial charge in [0.05, 0.1) is 39.7 Å². The molecule has 0 saturated carbocycles. The lowest BCUT2D eigenvalue weighted by Crippen LogP contribution is -1.91. The molecule has 0 bridgehead atoms. The van der Waals surface area contributed by atoms with Crippen LogP contribution in [0.2, 0.25) is 0 Å². The second kappa shape index (κ2) is 9.13. The smallest absolute Gasteiger partial charge is 0.161 e. The standard InChI is InChI=1S/C22H20N2O4S/c1-25-17-6-8-19(26-2)15(10-17)9-16(12-23)22-24-18(13-29-22)14-5-7-20(27-3)21(11-14)28-4/h5-11,13H,1-4H3. The number of nitriles is 1. The summed E-state index contributed by atoms with van der Waals surface area (Å²) in [4.78, 5) is 4.64. The van der Waals surface area contributed by atoms with Gasteiger partial charge < -0.3 is 18.9 Å². The molecule has 0 aliphatic carbocycles. The lowest BCUT2D eigenvalue weighted by Gasteiger charge is -2.08. The third kappa shape index (κ3) is 4.33. The van der Waals surface area contributed by atoms with Gasteiger partial charge in [0.2, 0.25) is 0 Å². The van der Waals surface area contributed by atoms with Crippen LogP contribution in [0.15, 0.2) is 41.8 Å². The van der Waals surface area contributed by atoms with Gasteiger partial charge in [0.1, 0.15) is 22.6 Å². The van der Waals surface area contributed by atoms with Crippen LogP contribution in [0.4, 0.5) is 0 Å². The van der Waals surface area contributed by atoms with Crippen molar-refractivity contribution < 1.29 is 18.9 Å². The van der Waals surface area contributed by atoms with Gasteiger partial charge in [-0.1, -0.05) is 0 Å². The zero-order valence-corrected chi connectivity index (χ0v) is 17.4. The Kier molecular flexibility index (Phi) is 6.37. The highest BCUT2D eigenvalue weighted by Gasteiger charge is 2.13. The molecule has 0 aliphatic heterocycles. The molecule has 0 N–H and O–H groups in total. The SMILES string of the molecule is COc1ccc(OC)c(C=C(C#N)c2nc(-c3ccc(OC)c(OC)c3)cs2)c1. The molecule has 0 atom stereocenters. The molecular formula is C22H20N2O4S. The number of nitrogens with zero attached hydrogens (tertiary/aromatic N) is 2. The summed E-state index contributed by atoms with van der Waals surface area (Å²) in [6.45, 7) is 0. The number of benzene rings is 2. The van der Waals surface area contributed by atoms with Gasteiger partial charge in [0.25, 0.3) is 0 Å². The molecule has 7 heteroatoms. The second-order valence-electron chi connectivity index (χ2n) is 5.89. The monoisotopic (exact) mass is 408 g/mol. The molecule has 6 nitrogen and oxygen atoms in total. The highest BCUT2D eigenvalue weighted by atomic mass is 32.1. The van der Waals surface area contributed by atoms with Gasteiger partial charge in [-0.25, -0.2) is 4.98 Å². The zero-order chi connectivity index (χ0) is 20.8. The summed E-state index contributed by atoms with van der Waals surface area (Å²) in [5, 5.41) is 12.2. The van der Waals surface area contributed by atoms with Crippen molar-refractivity contribution in [2.75, 3.05) is 28.4 Å². The highest BCUT2D eigenvalue weighted by molar-refractivity contribution is 7.11. The normalized spacial score (nSPS) is 10.9. The number of rotatable bonds is 7. The van der Waals surface area contributed by atoms with Crippen LogP contribution in [0, 0.1) is 11.3 Å². The molecule has 1 aromatic heterocycles. The largest absolute Gasteiger partial charge is 0.497 e. The molecule has 29 heavy (non-hydrogen) atoms. The van der Waals surface area contributed by atoms with Gasteiger partial charge in [0, 0.05) is 16.5 Å². The third-order valence-corrected chi connectivity index (χ3v) is 5.15. The van der Waals surface area contributed by atoms with Crippen molar-refractivity contribution in [3.05, 3.63) is 52.3 Å². The van der Waals surface area contributed by atoms with Crippen molar-refractivity contribution in [2.45, 2.75) is 0 Å². The maximum atomic E-state index is 9.70. The summed E-state index contributed by atoms with van der Waals surface area (Å²) in [5.41, 5.74) is 2.81. The Balaban J connectivity index is 1.99. The fourth-order valence-electron chi connectivity index (χ4n) is 2.78. The number of hydrogen-bond donors (Lipinski definition) is 0. The Hall–Kier alpha value is -3.50. The Morgan fingerprint density at radius 3 is 2.31 bits per heavy atom. The molecule has 0 saturated heterocycles. The first-order chi connectivity index (χ1) is 14.1. The van der Waals surface area contributed by atoms with E-state index < -0.39 is 0 Å². The fourth-order valence-corrected chi connectivity index (χ4v) is 3.57. The van der Waals surface area contributed by atoms with E-state index in [-0.39, 0.29) is 0 Å². The van der Waals surface area contributed by atoms with E-state index in [1.165, 1.54) is 11.3 Å². The van der Waals surface area contributed by atoms with Crippen LogP contribution in [0.3, 0.4) is 0 Å². The molecule has 2 aromatic carbocycles. The molecule has 0 aliphatic rings. The molecule has 0 unspecified atom stereocenters. The summed E-state index contributed by atoms with van der Waals surface area (Å²) in [6.07, 6.45) is 1.75. The van der Waals surface area contributed by atoms with E-state index >= 15 is 0 Å². The number of ether oxygens (including phenoxy) is 4. The number of allylic oxidation sites excluding steroid dienone is 1. The predicted octanol–water partition coefficient (Wildman–Crippen LogP) is 4.91. The van der Waals surface area contributed by atoms with Crippen molar-refractivity contribution in [1.29, 1.82) is 5.26 Å². The summed E-state index contributed by atoms with van der Waals surface area (Å²) in [7, 11) is 6.36. The summed E-state index contributed by atoms with van der Waals surface area (Å²) >= 11 is 1.40. The Morgan fingerprint density at radius 1 is 0.931 bits per heavy atom. The summed E-state index contributed by atoms with van der Waals surface area (Å²) in [6, 6.07) is 13.2. The predicted molar refractivity (Wildman–Crippen MR) is 114 cm³/mol. The van der Waals surface area contributed by atoms with E-state index in [1.807, 2.05) is 29.6 Å². The number of thiazole rings is 1. The van der Waals surface area contributed by atoms with E-state index in [0.29, 0.717) is 33.6 Å². The van der Waals surface area contributed by atoms with Crippen LogP contribution < -0.4 is 18.9 Å². The van der Waals surface area contributed by atoms with Crippen LogP contribution >= 0.6 is 11.3 Å². The average molecular weight is 408 g/mol. The van der Waals surface area contributed by atoms with Crippen LogP contribution in [0.1, 0.15) is 10.6 Å². The van der Waals surface area contributed by atoms with Gasteiger partial charge >= 0.3 is 0 Å². The number of hydrogen-bond acceptors (Lipinski definition) is 7. The molecule has 148 valence electrons. The lowest BCUT2D eigenvalue weighted by atomic mass is 10.1. The first-order valence-corrected chi connectivity index (χ1v) is 9.53. The molecule has 1 heterocycles. The van der Waals surface area contributed by atoms with Crippen molar-refractivity contribution in [2.24, 2.45) is 0 Å². The Bertz CT molecular complexity index is 1080. The quantitative estimate of drug-likeness (QED) is 0.517. The number of aromatic nitrogens is 1. The minimum Gasteiger partial charge on any atom is -0.497 e. The maximum Gasteiger partial charge on any atom is 0.161 e. The summed E-state index contributed by atoms with van der Waals surface area (Å²) < 4.78 is 21.3. The van der Waals surface area contributed by atoms with E-state index in [1.54, 1.807) is 46.6 Å². The minimum absolute atomic E-state index is 0.438. The maximum absolute atomic E-state index is 9.70. The van der Waals surface area contributed by atoms with Gasteiger partial charge in [0.15, 0.2) is 11.5 Å². The molecule has 0 spiro atoms. The second-order valence-corrected chi connectivity index (χ2v) is 6.74. The third-order valence-electron chi connectivity index (χ3n) is 4.27. The van der Waals surface area contributed by atoms with Crippen LogP contribution in [-0.2, 0) is 0 Å². The van der Waals surface area contributed by atoms with Gasteiger partial charge in [-0.3, -0.25) is 0 Å². The van der Waals surface area contributed by atoms with E-state index in [4.69, 9.17) is 18.9 Å². The van der Waals surface area contributed by atoms with Crippen molar-refractivity contribution in [1.82, 2.24) is 4.98 Å². The lowest BCUT2D eigenvalue weighted by molar-refractivity contribution is 0.355. The van der Waals surface area contributed by atoms with Crippen LogP contribution in [0.5, 0.6) is 23.0 Å². The van der Waals surface area contributed by atoms with Crippen molar-refractivity contribution >= 4 is 23.0 Å². The first kappa shape index (κ1) is 20.2. The van der Waals surface area contributed by atoms with Gasteiger partial charge in [-0.15, -0.1) is 11.3 Å². The molecule has 0 amide bonds. The molecule has 3 aromatic rings. The average Bonchev–Trinajstić information content (AvgIpc) is 3.26. The topological polar surface area (TPSA) is 73.6 Å². The first-order valence-electron chi connectivity index (χ1n) is 8.65. The van der Waals surface area contributed by atoms with Crippen LogP contribution in [0.25, 0.3) is 22.9 Å². The number of methoxy groups -OCH3 is 4. The molecule has 0 fully saturated rings. The minimum atomic E-state index is 0.438. The molecule has 0 radical (unpaired) electrons. The van der Waals surface area contributed by atoms with Crippen LogP contribution in [-0.4, -0.2) is 33.4 Å². The Morgan fingerprint density at radius 2 is 1.66 bits per heavy atom. The summed E-state index contributed by atoms with van der Waals surface area (Å²) in [5.74, 6) is 2.60. The molecule has 3 rings (SSSR count). The van der Waals surface area contributed by atoms with E-state index in [0.717, 1.165) is 16.8 Å². The zero-order valence-electron chi connectivity index (χ0n) is 16.6. The fraction of sp³-hybridized carbons (Fsp3) is 0.182. The van der Waals surface area contributed by atoms with Gasteiger partial charge in [-0.2, -0.15) is 5.26 Å². The van der Waals surface area contributed by atoms with Gasteiger partial charge in [-0.05, 0) is 42.5 Å². The Labute approximate surface area is 173 Å². The van der Waals surface area contributed by atoms with Crippen molar-refractivity contribution in [3.63, 3.8) is 0 Å². The van der Waals surface area contributed by atoms with E-state index in [9.17, 15) is 5.26 Å². The molecular weight excluding hydrogens is 388 g/mol.